The molecule has 0 bridgehead atoms. The molecule has 0 spiro atoms. The lowest BCUT2D eigenvalue weighted by Crippen LogP contribution is -2.16. The average molecular weight is 278 g/mol. The number of nitrogens with zero attached hydrogens (tertiary/aromatic N) is 2. The molecule has 102 valence electrons. The van der Waals surface area contributed by atoms with Gasteiger partial charge in [-0.25, -0.2) is 14.8 Å². The molecular formula is C16H10N2O3. The minimum atomic E-state index is -1.06. The van der Waals surface area contributed by atoms with Crippen molar-refractivity contribution >= 4 is 28.2 Å². The van der Waals surface area contributed by atoms with E-state index in [9.17, 15) is 14.7 Å². The molecule has 0 aliphatic heterocycles. The Hall–Kier alpha value is -2.82. The van der Waals surface area contributed by atoms with Gasteiger partial charge in [0.05, 0.1) is 16.8 Å². The van der Waals surface area contributed by atoms with Crippen LogP contribution in [-0.4, -0.2) is 26.8 Å². The van der Waals surface area contributed by atoms with Crippen molar-refractivity contribution < 1.29 is 14.7 Å². The van der Waals surface area contributed by atoms with Crippen LogP contribution in [0.4, 0.5) is 0 Å². The molecule has 1 aromatic heterocycles. The summed E-state index contributed by atoms with van der Waals surface area (Å²) in [7, 11) is 0. The fraction of sp³-hybridized carbons (Fsp3) is 0.125. The summed E-state index contributed by atoms with van der Waals surface area (Å²) in [4.78, 5) is 32.3. The maximum atomic E-state index is 12.6. The van der Waals surface area contributed by atoms with Gasteiger partial charge in [0.1, 0.15) is 6.33 Å². The highest BCUT2D eigenvalue weighted by atomic mass is 16.4. The highest BCUT2D eigenvalue weighted by molar-refractivity contribution is 6.26. The fourth-order valence-electron chi connectivity index (χ4n) is 3.02. The zero-order chi connectivity index (χ0) is 14.6. The standard InChI is InChI=1S/C16H10N2O3/c19-15-9-4-2-1-3-8(9)13-12-10(15)5-6-11(16(20)21)14(12)18-7-17-13/h1,3,5-7H,2,4H2,(H,20,21). The van der Waals surface area contributed by atoms with E-state index in [0.29, 0.717) is 28.6 Å². The monoisotopic (exact) mass is 278 g/mol. The molecular weight excluding hydrogens is 268 g/mol. The second-order valence-corrected chi connectivity index (χ2v) is 5.07. The van der Waals surface area contributed by atoms with Crippen LogP contribution in [-0.2, 0) is 0 Å². The van der Waals surface area contributed by atoms with Gasteiger partial charge >= 0.3 is 5.97 Å². The summed E-state index contributed by atoms with van der Waals surface area (Å²) in [6.45, 7) is 0. The molecule has 0 amide bonds. The second kappa shape index (κ2) is 4.09. The molecule has 5 heteroatoms. The summed E-state index contributed by atoms with van der Waals surface area (Å²) in [5, 5.41) is 9.83. The number of rotatable bonds is 1. The Labute approximate surface area is 119 Å². The van der Waals surface area contributed by atoms with E-state index in [1.807, 2.05) is 12.2 Å². The molecule has 5 nitrogen and oxygen atoms in total. The van der Waals surface area contributed by atoms with Gasteiger partial charge in [0, 0.05) is 22.1 Å². The van der Waals surface area contributed by atoms with Gasteiger partial charge < -0.3 is 5.11 Å². The Kier molecular flexibility index (Phi) is 2.33. The van der Waals surface area contributed by atoms with E-state index in [4.69, 9.17) is 0 Å². The van der Waals surface area contributed by atoms with E-state index >= 15 is 0 Å². The van der Waals surface area contributed by atoms with E-state index < -0.39 is 5.97 Å². The van der Waals surface area contributed by atoms with Gasteiger partial charge in [0.15, 0.2) is 5.78 Å². The molecule has 4 rings (SSSR count). The first kappa shape index (κ1) is 12.0. The van der Waals surface area contributed by atoms with Crippen LogP contribution in [0.5, 0.6) is 0 Å². The molecule has 1 aromatic carbocycles. The van der Waals surface area contributed by atoms with Crippen molar-refractivity contribution in [3.8, 4) is 0 Å². The van der Waals surface area contributed by atoms with E-state index in [1.165, 1.54) is 12.4 Å². The topological polar surface area (TPSA) is 80.2 Å². The van der Waals surface area contributed by atoms with Crippen molar-refractivity contribution in [2.45, 2.75) is 12.8 Å². The van der Waals surface area contributed by atoms with Crippen molar-refractivity contribution in [2.24, 2.45) is 0 Å². The van der Waals surface area contributed by atoms with Crippen LogP contribution in [0.3, 0.4) is 0 Å². The summed E-state index contributed by atoms with van der Waals surface area (Å²) in [6, 6.07) is 3.02. The lowest BCUT2D eigenvalue weighted by atomic mass is 9.82. The Morgan fingerprint density at radius 2 is 2.10 bits per heavy atom. The number of hydrogen-bond donors (Lipinski definition) is 1. The molecule has 0 saturated heterocycles. The number of allylic oxidation sites excluding steroid dienone is 4. The van der Waals surface area contributed by atoms with Crippen LogP contribution in [0.1, 0.15) is 39.3 Å². The van der Waals surface area contributed by atoms with Crippen LogP contribution in [0.15, 0.2) is 36.2 Å². The molecule has 0 radical (unpaired) electrons. The van der Waals surface area contributed by atoms with Crippen LogP contribution in [0, 0.1) is 0 Å². The number of benzene rings is 1. The maximum Gasteiger partial charge on any atom is 0.337 e. The predicted octanol–water partition coefficient (Wildman–Crippen LogP) is 2.63. The first-order valence-corrected chi connectivity index (χ1v) is 6.64. The molecule has 1 N–H and O–H groups in total. The van der Waals surface area contributed by atoms with Crippen molar-refractivity contribution in [1.29, 1.82) is 0 Å². The van der Waals surface area contributed by atoms with E-state index in [0.717, 1.165) is 17.6 Å². The highest BCUT2D eigenvalue weighted by Gasteiger charge is 2.30. The van der Waals surface area contributed by atoms with Crippen molar-refractivity contribution in [1.82, 2.24) is 9.97 Å². The Morgan fingerprint density at radius 3 is 2.90 bits per heavy atom. The van der Waals surface area contributed by atoms with Crippen LogP contribution in [0.25, 0.3) is 16.5 Å². The first-order valence-electron chi connectivity index (χ1n) is 6.64. The van der Waals surface area contributed by atoms with Crippen LogP contribution in [0.2, 0.25) is 0 Å². The number of hydrogen-bond acceptors (Lipinski definition) is 4. The minimum absolute atomic E-state index is 0.0430. The zero-order valence-electron chi connectivity index (χ0n) is 11.0. The number of aromatic carboxylic acids is 1. The van der Waals surface area contributed by atoms with E-state index in [-0.39, 0.29) is 11.3 Å². The predicted molar refractivity (Wildman–Crippen MR) is 76.1 cm³/mol. The number of Topliss-reactive ketones (excluding diaryl/α,β-unsaturated/α-hetero) is 1. The largest absolute Gasteiger partial charge is 0.478 e. The van der Waals surface area contributed by atoms with Crippen molar-refractivity contribution in [2.75, 3.05) is 0 Å². The quantitative estimate of drug-likeness (QED) is 0.867. The maximum absolute atomic E-state index is 12.6. The summed E-state index contributed by atoms with van der Waals surface area (Å²) in [5.74, 6) is -1.10. The number of aromatic nitrogens is 2. The molecule has 2 aliphatic carbocycles. The Morgan fingerprint density at radius 1 is 1.24 bits per heavy atom. The summed E-state index contributed by atoms with van der Waals surface area (Å²) < 4.78 is 0. The number of carboxylic acids is 1. The smallest absolute Gasteiger partial charge is 0.337 e. The second-order valence-electron chi connectivity index (χ2n) is 5.07. The minimum Gasteiger partial charge on any atom is -0.478 e. The Balaban J connectivity index is 2.17. The molecule has 0 atom stereocenters. The van der Waals surface area contributed by atoms with E-state index in [1.54, 1.807) is 6.07 Å². The molecule has 1 heterocycles. The van der Waals surface area contributed by atoms with Gasteiger partial charge in [-0.1, -0.05) is 12.2 Å². The van der Waals surface area contributed by atoms with Crippen molar-refractivity contribution in [3.63, 3.8) is 0 Å². The third-order valence-electron chi connectivity index (χ3n) is 3.96. The number of ketones is 1. The third kappa shape index (κ3) is 1.51. The number of fused-ring (bicyclic) bond motifs is 1. The summed E-state index contributed by atoms with van der Waals surface area (Å²) in [6.07, 6.45) is 6.79. The molecule has 21 heavy (non-hydrogen) atoms. The van der Waals surface area contributed by atoms with Crippen LogP contribution < -0.4 is 0 Å². The Bertz CT molecular complexity index is 894. The van der Waals surface area contributed by atoms with E-state index in [2.05, 4.69) is 9.97 Å². The summed E-state index contributed by atoms with van der Waals surface area (Å²) in [5.41, 5.74) is 3.13. The lowest BCUT2D eigenvalue weighted by molar-refractivity contribution is 0.0698. The normalized spacial score (nSPS) is 16.3. The van der Waals surface area contributed by atoms with Crippen molar-refractivity contribution in [3.05, 3.63) is 53.0 Å². The van der Waals surface area contributed by atoms with Crippen LogP contribution >= 0.6 is 0 Å². The number of carboxylic acid groups (broad SMARTS) is 1. The fourth-order valence-corrected chi connectivity index (χ4v) is 3.02. The van der Waals surface area contributed by atoms with Gasteiger partial charge in [-0.15, -0.1) is 0 Å². The van der Waals surface area contributed by atoms with Gasteiger partial charge in [-0.05, 0) is 25.0 Å². The van der Waals surface area contributed by atoms with Gasteiger partial charge in [0.25, 0.3) is 0 Å². The van der Waals surface area contributed by atoms with Gasteiger partial charge in [-0.2, -0.15) is 0 Å². The first-order chi connectivity index (χ1) is 10.2. The molecule has 0 unspecified atom stereocenters. The summed E-state index contributed by atoms with van der Waals surface area (Å²) >= 11 is 0. The highest BCUT2D eigenvalue weighted by Crippen LogP contribution is 2.39. The molecule has 2 aromatic rings. The van der Waals surface area contributed by atoms with Gasteiger partial charge in [-0.3, -0.25) is 4.79 Å². The lowest BCUT2D eigenvalue weighted by Gasteiger charge is -2.22. The average Bonchev–Trinajstić information content (AvgIpc) is 2.51. The third-order valence-corrected chi connectivity index (χ3v) is 3.96. The number of carbonyl (C=O) groups excluding carboxylic acids is 1. The van der Waals surface area contributed by atoms with Gasteiger partial charge in [0.2, 0.25) is 0 Å². The number of carbonyl (C=O) groups is 2. The molecule has 0 saturated carbocycles. The molecule has 0 fully saturated rings. The SMILES string of the molecule is O=C(O)c1ccc2c3c(ncnc13)C1=C(CCC=C1)C2=O. The molecule has 2 aliphatic rings. The zero-order valence-corrected chi connectivity index (χ0v) is 11.0.